The van der Waals surface area contributed by atoms with Crippen LogP contribution >= 0.6 is 46.4 Å². The maximum absolute atomic E-state index is 10.1. The zero-order chi connectivity index (χ0) is 26.7. The number of nitrogens with zero attached hydrogens (tertiary/aromatic N) is 2. The molecule has 0 heterocycles. The highest BCUT2D eigenvalue weighted by Crippen LogP contribution is 2.30. The highest BCUT2D eigenvalue weighted by molar-refractivity contribution is 6.18. The number of anilines is 2. The van der Waals surface area contributed by atoms with Gasteiger partial charge in [0.1, 0.15) is 11.5 Å². The standard InChI is InChI=1S/C25H34Cl4N2O5/c1-17-7-24(5-6-25(17)31(15-21(34)11-28)16-22(35)12-29)36-23-4-2-3-18(8-23)30(13-19(32)9-26)14-20(33)10-27/h2-8,19-22,32-35H,9-16H2,1H3. The number of hydrogen-bond acceptors (Lipinski definition) is 7. The van der Waals surface area contributed by atoms with E-state index in [0.717, 1.165) is 16.9 Å². The van der Waals surface area contributed by atoms with E-state index in [2.05, 4.69) is 0 Å². The van der Waals surface area contributed by atoms with Gasteiger partial charge in [-0.15, -0.1) is 46.4 Å². The Balaban J connectivity index is 2.24. The van der Waals surface area contributed by atoms with Crippen molar-refractivity contribution in [1.82, 2.24) is 0 Å². The maximum Gasteiger partial charge on any atom is 0.129 e. The van der Waals surface area contributed by atoms with E-state index in [4.69, 9.17) is 51.1 Å². The van der Waals surface area contributed by atoms with Crippen LogP contribution in [-0.4, -0.2) is 94.5 Å². The van der Waals surface area contributed by atoms with Gasteiger partial charge in [-0.3, -0.25) is 0 Å². The molecular weight excluding hydrogens is 550 g/mol. The third-order valence-electron chi connectivity index (χ3n) is 5.36. The van der Waals surface area contributed by atoms with Crippen molar-refractivity contribution < 1.29 is 25.2 Å². The van der Waals surface area contributed by atoms with Crippen LogP contribution in [0, 0.1) is 6.92 Å². The van der Waals surface area contributed by atoms with Crippen LogP contribution in [-0.2, 0) is 0 Å². The van der Waals surface area contributed by atoms with Crippen molar-refractivity contribution in [3.63, 3.8) is 0 Å². The molecule has 0 saturated heterocycles. The zero-order valence-corrected chi connectivity index (χ0v) is 23.1. The number of hydrogen-bond donors (Lipinski definition) is 4. The Morgan fingerprint density at radius 3 is 1.61 bits per heavy atom. The summed E-state index contributed by atoms with van der Waals surface area (Å²) in [5.74, 6) is 1.44. The average Bonchev–Trinajstić information content (AvgIpc) is 2.87. The number of aliphatic hydroxyl groups is 4. The molecule has 0 aliphatic rings. The van der Waals surface area contributed by atoms with Crippen molar-refractivity contribution in [3.8, 4) is 11.5 Å². The lowest BCUT2D eigenvalue weighted by Crippen LogP contribution is -2.39. The average molecular weight is 584 g/mol. The summed E-state index contributed by atoms with van der Waals surface area (Å²) in [6, 6.07) is 12.8. The minimum atomic E-state index is -0.772. The Labute approximate surface area is 232 Å². The van der Waals surface area contributed by atoms with Crippen molar-refractivity contribution in [1.29, 1.82) is 0 Å². The van der Waals surface area contributed by atoms with Gasteiger partial charge in [-0.2, -0.15) is 0 Å². The molecule has 2 aromatic carbocycles. The van der Waals surface area contributed by atoms with E-state index in [0.29, 0.717) is 11.5 Å². The molecule has 202 valence electrons. The Morgan fingerprint density at radius 1 is 0.667 bits per heavy atom. The SMILES string of the molecule is Cc1cc(Oc2cccc(N(CC(O)CCl)CC(O)CCl)c2)ccc1N(CC(O)CCl)CC(O)CCl. The van der Waals surface area contributed by atoms with Crippen molar-refractivity contribution in [2.24, 2.45) is 0 Å². The summed E-state index contributed by atoms with van der Waals surface area (Å²) in [6.45, 7) is 2.87. The summed E-state index contributed by atoms with van der Waals surface area (Å²) in [4.78, 5) is 3.66. The molecule has 0 fully saturated rings. The van der Waals surface area contributed by atoms with Crippen molar-refractivity contribution in [3.05, 3.63) is 48.0 Å². The molecule has 4 N–H and O–H groups in total. The molecular formula is C25H34Cl4N2O5. The summed E-state index contributed by atoms with van der Waals surface area (Å²) in [5.41, 5.74) is 2.44. The molecule has 11 heteroatoms. The number of rotatable bonds is 16. The van der Waals surface area contributed by atoms with E-state index in [1.54, 1.807) is 12.1 Å². The largest absolute Gasteiger partial charge is 0.457 e. The smallest absolute Gasteiger partial charge is 0.129 e. The monoisotopic (exact) mass is 582 g/mol. The molecule has 0 aromatic heterocycles. The summed E-state index contributed by atoms with van der Waals surface area (Å²) in [5, 5.41) is 40.2. The molecule has 4 atom stereocenters. The molecule has 0 aliphatic carbocycles. The Kier molecular flexibility index (Phi) is 13.8. The van der Waals surface area contributed by atoms with E-state index in [1.807, 2.05) is 47.1 Å². The molecule has 0 aliphatic heterocycles. The lowest BCUT2D eigenvalue weighted by molar-refractivity contribution is 0.180. The minimum absolute atomic E-state index is 0.0656. The topological polar surface area (TPSA) is 96.6 Å². The van der Waals surface area contributed by atoms with Crippen LogP contribution in [0.25, 0.3) is 0 Å². The van der Waals surface area contributed by atoms with Gasteiger partial charge in [-0.25, -0.2) is 0 Å². The predicted octanol–water partition coefficient (Wildman–Crippen LogP) is 3.80. The molecule has 36 heavy (non-hydrogen) atoms. The fraction of sp³-hybridized carbons (Fsp3) is 0.520. The normalized spacial score (nSPS) is 14.7. The fourth-order valence-electron chi connectivity index (χ4n) is 3.70. The van der Waals surface area contributed by atoms with Crippen LogP contribution < -0.4 is 14.5 Å². The first kappa shape index (κ1) is 31.1. The van der Waals surface area contributed by atoms with Gasteiger partial charge >= 0.3 is 0 Å². The van der Waals surface area contributed by atoms with Crippen LogP contribution in [0.5, 0.6) is 11.5 Å². The minimum Gasteiger partial charge on any atom is -0.457 e. The lowest BCUT2D eigenvalue weighted by atomic mass is 10.1. The van der Waals surface area contributed by atoms with Crippen LogP contribution in [0.3, 0.4) is 0 Å². The van der Waals surface area contributed by atoms with E-state index in [-0.39, 0.29) is 49.7 Å². The van der Waals surface area contributed by atoms with Crippen molar-refractivity contribution in [2.75, 3.05) is 59.5 Å². The Bertz CT molecular complexity index is 902. The third-order valence-corrected chi connectivity index (χ3v) is 6.79. The summed E-state index contributed by atoms with van der Waals surface area (Å²) >= 11 is 23.1. The van der Waals surface area contributed by atoms with E-state index < -0.39 is 24.4 Å². The van der Waals surface area contributed by atoms with Crippen LogP contribution in [0.2, 0.25) is 0 Å². The molecule has 0 spiro atoms. The van der Waals surface area contributed by atoms with Gasteiger partial charge < -0.3 is 35.0 Å². The van der Waals surface area contributed by atoms with E-state index in [1.165, 1.54) is 0 Å². The molecule has 4 unspecified atom stereocenters. The van der Waals surface area contributed by atoms with Crippen molar-refractivity contribution >= 4 is 57.8 Å². The van der Waals surface area contributed by atoms with Crippen LogP contribution in [0.15, 0.2) is 42.5 Å². The predicted molar refractivity (Wildman–Crippen MR) is 149 cm³/mol. The van der Waals surface area contributed by atoms with Gasteiger partial charge in [0.2, 0.25) is 0 Å². The van der Waals surface area contributed by atoms with Crippen molar-refractivity contribution in [2.45, 2.75) is 31.3 Å². The number of aliphatic hydroxyl groups excluding tert-OH is 4. The molecule has 2 aromatic rings. The molecule has 0 amide bonds. The molecule has 7 nitrogen and oxygen atoms in total. The summed E-state index contributed by atoms with van der Waals surface area (Å²) in [6.07, 6.45) is -3.06. The quantitative estimate of drug-likeness (QED) is 0.223. The third kappa shape index (κ3) is 9.95. The first-order valence-corrected chi connectivity index (χ1v) is 13.7. The first-order chi connectivity index (χ1) is 17.2. The molecule has 2 rings (SSSR count). The molecule has 0 radical (unpaired) electrons. The van der Waals surface area contributed by atoms with Gasteiger partial charge in [0, 0.05) is 43.6 Å². The van der Waals surface area contributed by atoms with Gasteiger partial charge in [0.15, 0.2) is 0 Å². The van der Waals surface area contributed by atoms with E-state index in [9.17, 15) is 20.4 Å². The second-order valence-corrected chi connectivity index (χ2v) is 9.82. The fourth-order valence-corrected chi connectivity index (χ4v) is 4.09. The zero-order valence-electron chi connectivity index (χ0n) is 20.1. The van der Waals surface area contributed by atoms with Gasteiger partial charge in [-0.05, 0) is 42.8 Å². The molecule has 0 saturated carbocycles. The number of alkyl halides is 4. The highest BCUT2D eigenvalue weighted by atomic mass is 35.5. The highest BCUT2D eigenvalue weighted by Gasteiger charge is 2.19. The maximum atomic E-state index is 10.1. The van der Waals surface area contributed by atoms with Gasteiger partial charge in [0.25, 0.3) is 0 Å². The number of halogens is 4. The van der Waals surface area contributed by atoms with Gasteiger partial charge in [0.05, 0.1) is 47.9 Å². The number of aryl methyl sites for hydroxylation is 1. The Morgan fingerprint density at radius 2 is 1.14 bits per heavy atom. The lowest BCUT2D eigenvalue weighted by Gasteiger charge is -2.30. The second kappa shape index (κ2) is 15.9. The summed E-state index contributed by atoms with van der Waals surface area (Å²) in [7, 11) is 0. The van der Waals surface area contributed by atoms with Crippen LogP contribution in [0.4, 0.5) is 11.4 Å². The molecule has 0 bridgehead atoms. The number of ether oxygens (including phenoxy) is 1. The Hall–Kier alpha value is -1.16. The first-order valence-electron chi connectivity index (χ1n) is 11.5. The second-order valence-electron chi connectivity index (χ2n) is 8.59. The van der Waals surface area contributed by atoms with E-state index >= 15 is 0 Å². The van der Waals surface area contributed by atoms with Gasteiger partial charge in [-0.1, -0.05) is 6.07 Å². The summed E-state index contributed by atoms with van der Waals surface area (Å²) < 4.78 is 6.09. The van der Waals surface area contributed by atoms with Crippen LogP contribution in [0.1, 0.15) is 5.56 Å². The number of benzene rings is 2.